The summed E-state index contributed by atoms with van der Waals surface area (Å²) >= 11 is 3.42. The molecule has 0 bridgehead atoms. The highest BCUT2D eigenvalue weighted by atomic mass is 79.9. The van der Waals surface area contributed by atoms with Gasteiger partial charge in [0.1, 0.15) is 11.3 Å². The number of aromatic nitrogens is 1. The second-order valence-corrected chi connectivity index (χ2v) is 5.20. The van der Waals surface area contributed by atoms with Gasteiger partial charge in [0.25, 0.3) is 0 Å². The third kappa shape index (κ3) is 2.71. The summed E-state index contributed by atoms with van der Waals surface area (Å²) in [6, 6.07) is 5.60. The maximum atomic E-state index is 11.4. The Morgan fingerprint density at radius 1 is 1.47 bits per heavy atom. The van der Waals surface area contributed by atoms with Gasteiger partial charge in [-0.1, -0.05) is 34.1 Å². The van der Waals surface area contributed by atoms with Crippen LogP contribution in [0.1, 0.15) is 35.0 Å². The summed E-state index contributed by atoms with van der Waals surface area (Å²) in [7, 11) is 0. The molecule has 2 rings (SSSR count). The molecule has 1 N–H and O–H groups in total. The second-order valence-electron chi connectivity index (χ2n) is 4.35. The van der Waals surface area contributed by atoms with Crippen molar-refractivity contribution in [2.45, 2.75) is 26.7 Å². The van der Waals surface area contributed by atoms with Gasteiger partial charge in [-0.25, -0.2) is 4.79 Å². The maximum absolute atomic E-state index is 11.4. The summed E-state index contributed by atoms with van der Waals surface area (Å²) in [5.74, 6) is -0.564. The molecule has 0 aliphatic rings. The van der Waals surface area contributed by atoms with Gasteiger partial charge in [0.05, 0.1) is 0 Å². The summed E-state index contributed by atoms with van der Waals surface area (Å²) in [6.07, 6.45) is 1.39. The Morgan fingerprint density at radius 2 is 2.21 bits per heavy atom. The molecule has 0 aliphatic carbocycles. The fourth-order valence-corrected chi connectivity index (χ4v) is 2.18. The van der Waals surface area contributed by atoms with Crippen LogP contribution in [-0.2, 0) is 6.42 Å². The van der Waals surface area contributed by atoms with Crippen LogP contribution in [0.4, 0.5) is 0 Å². The standard InChI is InChI=1S/C14H14BrNO3/c1-3-4-11-12(14(17)18)13(16-19-11)9-5-6-10(15)8(2)7-9/h5-7H,3-4H2,1-2H3,(H,17,18). The summed E-state index contributed by atoms with van der Waals surface area (Å²) in [5, 5.41) is 13.3. The van der Waals surface area contributed by atoms with Crippen molar-refractivity contribution in [1.82, 2.24) is 5.16 Å². The minimum absolute atomic E-state index is 0.170. The molecule has 0 saturated heterocycles. The SMILES string of the molecule is CCCc1onc(-c2ccc(Br)c(C)c2)c1C(=O)O. The lowest BCUT2D eigenvalue weighted by Crippen LogP contribution is -2.01. The smallest absolute Gasteiger partial charge is 0.341 e. The summed E-state index contributed by atoms with van der Waals surface area (Å²) in [5.41, 5.74) is 2.34. The number of rotatable bonds is 4. The summed E-state index contributed by atoms with van der Waals surface area (Å²) in [4.78, 5) is 11.4. The van der Waals surface area contributed by atoms with Crippen LogP contribution >= 0.6 is 15.9 Å². The topological polar surface area (TPSA) is 63.3 Å². The second kappa shape index (κ2) is 5.57. The fourth-order valence-electron chi connectivity index (χ4n) is 1.93. The molecule has 0 radical (unpaired) electrons. The first kappa shape index (κ1) is 13.8. The zero-order chi connectivity index (χ0) is 14.0. The van der Waals surface area contributed by atoms with Crippen molar-refractivity contribution in [3.63, 3.8) is 0 Å². The minimum atomic E-state index is -1.000. The van der Waals surface area contributed by atoms with Gasteiger partial charge in [-0.15, -0.1) is 0 Å². The lowest BCUT2D eigenvalue weighted by atomic mass is 10.0. The zero-order valence-corrected chi connectivity index (χ0v) is 12.3. The van der Waals surface area contributed by atoms with E-state index in [4.69, 9.17) is 4.52 Å². The van der Waals surface area contributed by atoms with E-state index < -0.39 is 5.97 Å². The number of carboxylic acid groups (broad SMARTS) is 1. The van der Waals surface area contributed by atoms with Crippen molar-refractivity contribution in [2.24, 2.45) is 0 Å². The first-order chi connectivity index (χ1) is 9.04. The highest BCUT2D eigenvalue weighted by Crippen LogP contribution is 2.29. The van der Waals surface area contributed by atoms with Crippen LogP contribution in [0, 0.1) is 6.92 Å². The van der Waals surface area contributed by atoms with E-state index in [9.17, 15) is 9.90 Å². The quantitative estimate of drug-likeness (QED) is 0.921. The van der Waals surface area contributed by atoms with Crippen molar-refractivity contribution in [1.29, 1.82) is 0 Å². The number of aryl methyl sites for hydroxylation is 2. The molecule has 0 aliphatic heterocycles. The highest BCUT2D eigenvalue weighted by molar-refractivity contribution is 9.10. The molecular formula is C14H14BrNO3. The van der Waals surface area contributed by atoms with E-state index >= 15 is 0 Å². The van der Waals surface area contributed by atoms with E-state index in [0.717, 1.165) is 22.0 Å². The van der Waals surface area contributed by atoms with Crippen molar-refractivity contribution < 1.29 is 14.4 Å². The molecule has 1 heterocycles. The van der Waals surface area contributed by atoms with E-state index in [-0.39, 0.29) is 5.56 Å². The average molecular weight is 324 g/mol. The van der Waals surface area contributed by atoms with Crippen molar-refractivity contribution in [3.05, 3.63) is 39.6 Å². The van der Waals surface area contributed by atoms with Gasteiger partial charge in [-0.05, 0) is 31.0 Å². The number of nitrogens with zero attached hydrogens (tertiary/aromatic N) is 1. The number of aromatic carboxylic acids is 1. The first-order valence-corrected chi connectivity index (χ1v) is 6.82. The van der Waals surface area contributed by atoms with Gasteiger partial charge in [0, 0.05) is 16.5 Å². The highest BCUT2D eigenvalue weighted by Gasteiger charge is 2.23. The Hall–Kier alpha value is -1.62. The molecule has 0 atom stereocenters. The Bertz CT molecular complexity index is 619. The van der Waals surface area contributed by atoms with Crippen LogP contribution < -0.4 is 0 Å². The van der Waals surface area contributed by atoms with Gasteiger partial charge >= 0.3 is 5.97 Å². The Kier molecular flexibility index (Phi) is 4.04. The van der Waals surface area contributed by atoms with Crippen molar-refractivity contribution >= 4 is 21.9 Å². The van der Waals surface area contributed by atoms with Gasteiger partial charge < -0.3 is 9.63 Å². The molecule has 100 valence electrons. The summed E-state index contributed by atoms with van der Waals surface area (Å²) in [6.45, 7) is 3.92. The number of carboxylic acids is 1. The molecule has 0 amide bonds. The van der Waals surface area contributed by atoms with Crippen LogP contribution in [0.3, 0.4) is 0 Å². The largest absolute Gasteiger partial charge is 0.477 e. The number of hydrogen-bond donors (Lipinski definition) is 1. The molecule has 19 heavy (non-hydrogen) atoms. The molecule has 0 saturated carbocycles. The maximum Gasteiger partial charge on any atom is 0.341 e. The van der Waals surface area contributed by atoms with Crippen LogP contribution in [0.2, 0.25) is 0 Å². The lowest BCUT2D eigenvalue weighted by molar-refractivity contribution is 0.0695. The van der Waals surface area contributed by atoms with Crippen LogP contribution in [0.25, 0.3) is 11.3 Å². The van der Waals surface area contributed by atoms with Crippen molar-refractivity contribution in [2.75, 3.05) is 0 Å². The third-order valence-corrected chi connectivity index (χ3v) is 3.77. The minimum Gasteiger partial charge on any atom is -0.477 e. The molecule has 5 heteroatoms. The molecule has 2 aromatic rings. The van der Waals surface area contributed by atoms with E-state index in [1.54, 1.807) is 0 Å². The normalized spacial score (nSPS) is 10.7. The molecule has 4 nitrogen and oxygen atoms in total. The monoisotopic (exact) mass is 323 g/mol. The van der Waals surface area contributed by atoms with Gasteiger partial charge in [0.15, 0.2) is 5.76 Å². The Morgan fingerprint density at radius 3 is 2.79 bits per heavy atom. The van der Waals surface area contributed by atoms with E-state index in [0.29, 0.717) is 17.9 Å². The van der Waals surface area contributed by atoms with Gasteiger partial charge in [-0.2, -0.15) is 0 Å². The number of hydrogen-bond acceptors (Lipinski definition) is 3. The molecule has 1 aromatic carbocycles. The molecule has 0 unspecified atom stereocenters. The lowest BCUT2D eigenvalue weighted by Gasteiger charge is -2.02. The summed E-state index contributed by atoms with van der Waals surface area (Å²) < 4.78 is 6.16. The third-order valence-electron chi connectivity index (χ3n) is 2.89. The van der Waals surface area contributed by atoms with Crippen LogP contribution in [0.15, 0.2) is 27.2 Å². The molecular weight excluding hydrogens is 310 g/mol. The number of halogens is 1. The van der Waals surface area contributed by atoms with Gasteiger partial charge in [-0.3, -0.25) is 0 Å². The zero-order valence-electron chi connectivity index (χ0n) is 10.7. The predicted octanol–water partition coefficient (Wildman–Crippen LogP) is 4.06. The molecule has 1 aromatic heterocycles. The van der Waals surface area contributed by atoms with Crippen LogP contribution in [0.5, 0.6) is 0 Å². The molecule has 0 spiro atoms. The van der Waals surface area contributed by atoms with E-state index in [1.807, 2.05) is 32.0 Å². The first-order valence-electron chi connectivity index (χ1n) is 6.03. The number of carbonyl (C=O) groups is 1. The number of benzene rings is 1. The Balaban J connectivity index is 2.55. The van der Waals surface area contributed by atoms with E-state index in [1.165, 1.54) is 0 Å². The van der Waals surface area contributed by atoms with Crippen LogP contribution in [-0.4, -0.2) is 16.2 Å². The fraction of sp³-hybridized carbons (Fsp3) is 0.286. The predicted molar refractivity (Wildman–Crippen MR) is 75.3 cm³/mol. The van der Waals surface area contributed by atoms with Crippen molar-refractivity contribution in [3.8, 4) is 11.3 Å². The van der Waals surface area contributed by atoms with E-state index in [2.05, 4.69) is 21.1 Å². The molecule has 0 fully saturated rings. The average Bonchev–Trinajstić information content (AvgIpc) is 2.77. The Labute approximate surface area is 119 Å². The van der Waals surface area contributed by atoms with Gasteiger partial charge in [0.2, 0.25) is 0 Å².